The van der Waals surface area contributed by atoms with Gasteiger partial charge in [0.05, 0.1) is 12.0 Å². The Labute approximate surface area is 142 Å². The molecular formula is C18H21NO4S. The SMILES string of the molecule is CCc1ccc(C[C@H](NS(=O)(=O)c2ccccc2)C(=O)OC)cc1. The first-order valence-electron chi connectivity index (χ1n) is 7.69. The zero-order chi connectivity index (χ0) is 17.6. The van der Waals surface area contributed by atoms with Gasteiger partial charge in [-0.2, -0.15) is 4.72 Å². The van der Waals surface area contributed by atoms with Gasteiger partial charge in [-0.15, -0.1) is 0 Å². The van der Waals surface area contributed by atoms with E-state index in [1.165, 1.54) is 24.8 Å². The van der Waals surface area contributed by atoms with E-state index in [1.54, 1.807) is 18.2 Å². The highest BCUT2D eigenvalue weighted by molar-refractivity contribution is 7.89. The predicted molar refractivity (Wildman–Crippen MR) is 92.1 cm³/mol. The van der Waals surface area contributed by atoms with Gasteiger partial charge in [0.2, 0.25) is 10.0 Å². The third-order valence-electron chi connectivity index (χ3n) is 3.71. The lowest BCUT2D eigenvalue weighted by Crippen LogP contribution is -2.42. The van der Waals surface area contributed by atoms with Gasteiger partial charge in [0.25, 0.3) is 0 Å². The van der Waals surface area contributed by atoms with Crippen molar-refractivity contribution < 1.29 is 17.9 Å². The fourth-order valence-electron chi connectivity index (χ4n) is 2.32. The molecule has 0 spiro atoms. The van der Waals surface area contributed by atoms with Crippen LogP contribution in [0.5, 0.6) is 0 Å². The first-order valence-corrected chi connectivity index (χ1v) is 9.17. The van der Waals surface area contributed by atoms with Crippen LogP contribution in [-0.2, 0) is 32.4 Å². The smallest absolute Gasteiger partial charge is 0.324 e. The van der Waals surface area contributed by atoms with Gasteiger partial charge < -0.3 is 4.74 Å². The molecule has 0 aliphatic carbocycles. The molecule has 0 saturated carbocycles. The van der Waals surface area contributed by atoms with Crippen molar-refractivity contribution in [3.8, 4) is 0 Å². The second-order valence-corrected chi connectivity index (χ2v) is 7.10. The van der Waals surface area contributed by atoms with Gasteiger partial charge in [-0.05, 0) is 36.1 Å². The summed E-state index contributed by atoms with van der Waals surface area (Å²) in [6.07, 6.45) is 1.14. The number of nitrogens with one attached hydrogen (secondary N) is 1. The summed E-state index contributed by atoms with van der Waals surface area (Å²) < 4.78 is 32.0. The van der Waals surface area contributed by atoms with Crippen LogP contribution in [0, 0.1) is 0 Å². The molecule has 2 aromatic rings. The number of ether oxygens (including phenoxy) is 1. The molecule has 0 saturated heterocycles. The summed E-state index contributed by atoms with van der Waals surface area (Å²) in [5.74, 6) is -0.617. The van der Waals surface area contributed by atoms with Crippen LogP contribution in [0.3, 0.4) is 0 Å². The Kier molecular flexibility index (Phi) is 6.11. The van der Waals surface area contributed by atoms with E-state index >= 15 is 0 Å². The highest BCUT2D eigenvalue weighted by Crippen LogP contribution is 2.12. The normalized spacial score (nSPS) is 12.6. The fourth-order valence-corrected chi connectivity index (χ4v) is 3.52. The average molecular weight is 347 g/mol. The van der Waals surface area contributed by atoms with Crippen molar-refractivity contribution in [1.82, 2.24) is 4.72 Å². The van der Waals surface area contributed by atoms with E-state index in [0.717, 1.165) is 12.0 Å². The van der Waals surface area contributed by atoms with Gasteiger partial charge in [-0.3, -0.25) is 4.79 Å². The maximum absolute atomic E-state index is 12.4. The van der Waals surface area contributed by atoms with Crippen molar-refractivity contribution in [2.24, 2.45) is 0 Å². The first kappa shape index (κ1) is 18.2. The third-order valence-corrected chi connectivity index (χ3v) is 5.20. The number of methoxy groups -OCH3 is 1. The first-order chi connectivity index (χ1) is 11.5. The third kappa shape index (κ3) is 4.66. The molecule has 5 nitrogen and oxygen atoms in total. The second-order valence-electron chi connectivity index (χ2n) is 5.38. The van der Waals surface area contributed by atoms with Crippen LogP contribution in [0.15, 0.2) is 59.5 Å². The minimum absolute atomic E-state index is 0.111. The van der Waals surface area contributed by atoms with Crippen molar-refractivity contribution in [1.29, 1.82) is 0 Å². The zero-order valence-electron chi connectivity index (χ0n) is 13.7. The number of carbonyl (C=O) groups is 1. The molecule has 0 aliphatic rings. The number of sulfonamides is 1. The summed E-state index contributed by atoms with van der Waals surface area (Å²) >= 11 is 0. The highest BCUT2D eigenvalue weighted by atomic mass is 32.2. The van der Waals surface area contributed by atoms with Crippen molar-refractivity contribution in [2.45, 2.75) is 30.7 Å². The van der Waals surface area contributed by atoms with Crippen LogP contribution < -0.4 is 4.72 Å². The Hall–Kier alpha value is -2.18. The molecule has 0 fully saturated rings. The Bertz CT molecular complexity index is 770. The summed E-state index contributed by atoms with van der Waals surface area (Å²) in [5.41, 5.74) is 2.04. The molecule has 6 heteroatoms. The van der Waals surface area contributed by atoms with Crippen molar-refractivity contribution in [3.63, 3.8) is 0 Å². The molecule has 1 atom stereocenters. The standard InChI is InChI=1S/C18H21NO4S/c1-3-14-9-11-15(12-10-14)13-17(18(20)23-2)19-24(21,22)16-7-5-4-6-8-16/h4-12,17,19H,3,13H2,1-2H3/t17-/m0/s1. The van der Waals surface area contributed by atoms with E-state index in [9.17, 15) is 13.2 Å². The molecule has 0 amide bonds. The number of hydrogen-bond donors (Lipinski definition) is 1. The predicted octanol–water partition coefficient (Wildman–Crippen LogP) is 2.31. The molecule has 2 aromatic carbocycles. The van der Waals surface area contributed by atoms with Gasteiger partial charge in [0.15, 0.2) is 0 Å². The molecule has 0 radical (unpaired) electrons. The Morgan fingerprint density at radius 3 is 2.17 bits per heavy atom. The summed E-state index contributed by atoms with van der Waals surface area (Å²) in [6, 6.07) is 14.7. The van der Waals surface area contributed by atoms with Crippen molar-refractivity contribution >= 4 is 16.0 Å². The van der Waals surface area contributed by atoms with Crippen LogP contribution >= 0.6 is 0 Å². The summed E-state index contributed by atoms with van der Waals surface area (Å²) in [7, 11) is -2.56. The zero-order valence-corrected chi connectivity index (χ0v) is 14.5. The van der Waals surface area contributed by atoms with E-state index in [-0.39, 0.29) is 11.3 Å². The minimum atomic E-state index is -3.80. The molecule has 0 unspecified atom stereocenters. The minimum Gasteiger partial charge on any atom is -0.468 e. The van der Waals surface area contributed by atoms with Crippen LogP contribution in [0.4, 0.5) is 0 Å². The van der Waals surface area contributed by atoms with Gasteiger partial charge >= 0.3 is 5.97 Å². The molecule has 0 bridgehead atoms. The number of carbonyl (C=O) groups excluding carboxylic acids is 1. The Morgan fingerprint density at radius 1 is 1.04 bits per heavy atom. The number of esters is 1. The summed E-state index contributed by atoms with van der Waals surface area (Å²) in [6.45, 7) is 2.06. The van der Waals surface area contributed by atoms with Crippen LogP contribution in [0.2, 0.25) is 0 Å². The number of hydrogen-bond acceptors (Lipinski definition) is 4. The molecule has 24 heavy (non-hydrogen) atoms. The number of aryl methyl sites for hydroxylation is 1. The monoisotopic (exact) mass is 347 g/mol. The number of rotatable bonds is 7. The molecule has 0 aromatic heterocycles. The van der Waals surface area contributed by atoms with E-state index in [4.69, 9.17) is 4.74 Å². The summed E-state index contributed by atoms with van der Waals surface area (Å²) in [5, 5.41) is 0. The lowest BCUT2D eigenvalue weighted by Gasteiger charge is -2.17. The lowest BCUT2D eigenvalue weighted by molar-refractivity contribution is -0.142. The molecule has 1 N–H and O–H groups in total. The van der Waals surface area contributed by atoms with Gasteiger partial charge in [-0.1, -0.05) is 49.4 Å². The lowest BCUT2D eigenvalue weighted by atomic mass is 10.0. The molecule has 2 rings (SSSR count). The molecular weight excluding hydrogens is 326 g/mol. The number of benzene rings is 2. The maximum Gasteiger partial charge on any atom is 0.324 e. The van der Waals surface area contributed by atoms with E-state index < -0.39 is 22.0 Å². The van der Waals surface area contributed by atoms with Crippen LogP contribution in [-0.4, -0.2) is 27.5 Å². The van der Waals surface area contributed by atoms with Crippen molar-refractivity contribution in [3.05, 3.63) is 65.7 Å². The molecule has 128 valence electrons. The largest absolute Gasteiger partial charge is 0.468 e. The molecule has 0 aliphatic heterocycles. The average Bonchev–Trinajstić information content (AvgIpc) is 2.61. The van der Waals surface area contributed by atoms with E-state index in [1.807, 2.05) is 24.3 Å². The van der Waals surface area contributed by atoms with Crippen LogP contribution in [0.1, 0.15) is 18.1 Å². The maximum atomic E-state index is 12.4. The van der Waals surface area contributed by atoms with E-state index in [0.29, 0.717) is 0 Å². The Morgan fingerprint density at radius 2 is 1.62 bits per heavy atom. The van der Waals surface area contributed by atoms with Gasteiger partial charge in [-0.25, -0.2) is 8.42 Å². The van der Waals surface area contributed by atoms with Gasteiger partial charge in [0, 0.05) is 0 Å². The van der Waals surface area contributed by atoms with E-state index in [2.05, 4.69) is 11.6 Å². The van der Waals surface area contributed by atoms with Crippen LogP contribution in [0.25, 0.3) is 0 Å². The van der Waals surface area contributed by atoms with Crippen molar-refractivity contribution in [2.75, 3.05) is 7.11 Å². The second kappa shape index (κ2) is 8.08. The molecule has 0 heterocycles. The fraction of sp³-hybridized carbons (Fsp3) is 0.278. The topological polar surface area (TPSA) is 72.5 Å². The Balaban J connectivity index is 2.20. The summed E-state index contributed by atoms with van der Waals surface area (Å²) in [4.78, 5) is 12.1. The van der Waals surface area contributed by atoms with Gasteiger partial charge in [0.1, 0.15) is 6.04 Å². The highest BCUT2D eigenvalue weighted by Gasteiger charge is 2.26. The quantitative estimate of drug-likeness (QED) is 0.780.